The van der Waals surface area contributed by atoms with Crippen LogP contribution in [0.2, 0.25) is 0 Å². The van der Waals surface area contributed by atoms with E-state index >= 15 is 0 Å². The number of amides is 1. The van der Waals surface area contributed by atoms with E-state index in [0.717, 1.165) is 23.4 Å². The Morgan fingerprint density at radius 2 is 1.63 bits per heavy atom. The third-order valence-electron chi connectivity index (χ3n) is 6.33. The fraction of sp³-hybridized carbons (Fsp3) is 0.167. The quantitative estimate of drug-likeness (QED) is 0.324. The van der Waals surface area contributed by atoms with Crippen LogP contribution in [0.5, 0.6) is 0 Å². The summed E-state index contributed by atoms with van der Waals surface area (Å²) in [6.07, 6.45) is 4.23. The van der Waals surface area contributed by atoms with Gasteiger partial charge in [0, 0.05) is 11.4 Å². The number of carbonyl (C=O) groups excluding carboxylic acids is 1. The number of hydrazine groups is 1. The second kappa shape index (κ2) is 10.4. The summed E-state index contributed by atoms with van der Waals surface area (Å²) in [6.45, 7) is 1.04. The maximum Gasteiger partial charge on any atom is 0.255 e. The van der Waals surface area contributed by atoms with Gasteiger partial charge in [-0.05, 0) is 65.0 Å². The van der Waals surface area contributed by atoms with Crippen LogP contribution in [0, 0.1) is 0 Å². The highest BCUT2D eigenvalue weighted by Crippen LogP contribution is 2.32. The first-order valence-electron chi connectivity index (χ1n) is 11.8. The molecule has 0 bridgehead atoms. The molecule has 0 unspecified atom stereocenters. The van der Waals surface area contributed by atoms with Crippen molar-refractivity contribution in [2.75, 3.05) is 19.8 Å². The number of thioether (sulfide) groups is 1. The van der Waals surface area contributed by atoms with Gasteiger partial charge in [0.2, 0.25) is 0 Å². The van der Waals surface area contributed by atoms with Crippen LogP contribution in [0.4, 0.5) is 0 Å². The van der Waals surface area contributed by atoms with Gasteiger partial charge in [0.1, 0.15) is 0 Å². The Hall–Kier alpha value is -3.54. The van der Waals surface area contributed by atoms with Crippen LogP contribution < -0.4 is 5.43 Å². The number of benzene rings is 4. The number of fused-ring (bicyclic) bond motifs is 1. The zero-order valence-electron chi connectivity index (χ0n) is 20.0. The predicted octanol–water partition coefficient (Wildman–Crippen LogP) is 6.12. The minimum Gasteiger partial charge on any atom is -0.295 e. The van der Waals surface area contributed by atoms with Crippen molar-refractivity contribution in [1.82, 2.24) is 15.3 Å². The molecule has 5 heteroatoms. The Bertz CT molecular complexity index is 1350. The zero-order chi connectivity index (χ0) is 24.2. The molecular formula is C30H29N3OS. The number of rotatable bonds is 7. The van der Waals surface area contributed by atoms with Gasteiger partial charge in [0.15, 0.2) is 0 Å². The molecule has 1 amide bonds. The predicted molar refractivity (Wildman–Crippen MR) is 146 cm³/mol. The molecule has 1 aliphatic rings. The van der Waals surface area contributed by atoms with Crippen LogP contribution in [-0.2, 0) is 11.3 Å². The van der Waals surface area contributed by atoms with Crippen molar-refractivity contribution in [3.8, 4) is 0 Å². The SMILES string of the molecule is CSc1ccc(CN(C)CC(=O)N2NC(c3ccc4ccccc4c3)=C[C@@H]2c2ccccc2)cc1. The minimum atomic E-state index is -0.167. The normalized spacial score (nSPS) is 15.3. The highest BCUT2D eigenvalue weighted by atomic mass is 32.2. The summed E-state index contributed by atoms with van der Waals surface area (Å²) in [7, 11) is 1.99. The van der Waals surface area contributed by atoms with Crippen molar-refractivity contribution in [2.45, 2.75) is 17.5 Å². The first-order valence-corrected chi connectivity index (χ1v) is 13.0. The smallest absolute Gasteiger partial charge is 0.255 e. The molecule has 4 aromatic rings. The molecule has 1 aliphatic heterocycles. The van der Waals surface area contributed by atoms with Crippen LogP contribution in [0.1, 0.15) is 22.7 Å². The number of likely N-dealkylation sites (N-methyl/N-ethyl adjacent to an activating group) is 1. The molecule has 1 N–H and O–H groups in total. The fourth-order valence-corrected chi connectivity index (χ4v) is 4.91. The number of hydrogen-bond acceptors (Lipinski definition) is 4. The summed E-state index contributed by atoms with van der Waals surface area (Å²) in [6, 6.07) is 33.3. The van der Waals surface area contributed by atoms with Gasteiger partial charge in [-0.2, -0.15) is 0 Å². The van der Waals surface area contributed by atoms with Gasteiger partial charge in [-0.25, -0.2) is 5.01 Å². The molecule has 1 atom stereocenters. The fourth-order valence-electron chi connectivity index (χ4n) is 4.51. The Morgan fingerprint density at radius 1 is 0.914 bits per heavy atom. The molecule has 5 rings (SSSR count). The average molecular weight is 480 g/mol. The Balaban J connectivity index is 1.36. The number of carbonyl (C=O) groups is 1. The molecule has 4 aromatic carbocycles. The van der Waals surface area contributed by atoms with E-state index in [9.17, 15) is 4.79 Å². The van der Waals surface area contributed by atoms with Crippen molar-refractivity contribution >= 4 is 34.1 Å². The lowest BCUT2D eigenvalue weighted by atomic mass is 10.0. The molecule has 0 radical (unpaired) electrons. The van der Waals surface area contributed by atoms with Crippen LogP contribution >= 0.6 is 11.8 Å². The van der Waals surface area contributed by atoms with Crippen LogP contribution in [0.3, 0.4) is 0 Å². The third-order valence-corrected chi connectivity index (χ3v) is 7.07. The van der Waals surface area contributed by atoms with Gasteiger partial charge < -0.3 is 0 Å². The maximum absolute atomic E-state index is 13.5. The highest BCUT2D eigenvalue weighted by molar-refractivity contribution is 7.98. The molecule has 0 spiro atoms. The van der Waals surface area contributed by atoms with Gasteiger partial charge in [-0.3, -0.25) is 15.1 Å². The van der Waals surface area contributed by atoms with Gasteiger partial charge in [0.25, 0.3) is 5.91 Å². The third kappa shape index (κ3) is 5.26. The highest BCUT2D eigenvalue weighted by Gasteiger charge is 2.31. The van der Waals surface area contributed by atoms with Gasteiger partial charge >= 0.3 is 0 Å². The van der Waals surface area contributed by atoms with Crippen molar-refractivity contribution in [1.29, 1.82) is 0 Å². The van der Waals surface area contributed by atoms with E-state index < -0.39 is 0 Å². The second-order valence-electron chi connectivity index (χ2n) is 8.89. The second-order valence-corrected chi connectivity index (χ2v) is 9.77. The molecular weight excluding hydrogens is 450 g/mol. The lowest BCUT2D eigenvalue weighted by Crippen LogP contribution is -2.44. The summed E-state index contributed by atoms with van der Waals surface area (Å²) in [4.78, 5) is 16.8. The van der Waals surface area contributed by atoms with E-state index in [0.29, 0.717) is 6.54 Å². The lowest BCUT2D eigenvalue weighted by molar-refractivity contribution is -0.135. The van der Waals surface area contributed by atoms with Gasteiger partial charge in [-0.15, -0.1) is 11.8 Å². The summed E-state index contributed by atoms with van der Waals surface area (Å²) in [5.74, 6) is 0.0362. The van der Waals surface area contributed by atoms with Crippen molar-refractivity contribution in [3.05, 3.63) is 120 Å². The topological polar surface area (TPSA) is 35.6 Å². The van der Waals surface area contributed by atoms with Crippen LogP contribution in [0.15, 0.2) is 108 Å². The van der Waals surface area contributed by atoms with E-state index in [4.69, 9.17) is 0 Å². The van der Waals surface area contributed by atoms with Crippen LogP contribution in [-0.4, -0.2) is 35.7 Å². The number of hydrogen-bond donors (Lipinski definition) is 1. The number of nitrogens with zero attached hydrogens (tertiary/aromatic N) is 2. The average Bonchev–Trinajstić information content (AvgIpc) is 3.35. The summed E-state index contributed by atoms with van der Waals surface area (Å²) in [5.41, 5.74) is 7.72. The zero-order valence-corrected chi connectivity index (χ0v) is 20.8. The van der Waals surface area contributed by atoms with Crippen molar-refractivity contribution < 1.29 is 4.79 Å². The Kier molecular flexibility index (Phi) is 6.89. The van der Waals surface area contributed by atoms with E-state index in [1.165, 1.54) is 21.2 Å². The molecule has 176 valence electrons. The largest absolute Gasteiger partial charge is 0.295 e. The molecule has 0 saturated heterocycles. The summed E-state index contributed by atoms with van der Waals surface area (Å²) < 4.78 is 0. The molecule has 1 heterocycles. The molecule has 35 heavy (non-hydrogen) atoms. The van der Waals surface area contributed by atoms with Crippen molar-refractivity contribution in [2.24, 2.45) is 0 Å². The summed E-state index contributed by atoms with van der Waals surface area (Å²) >= 11 is 1.73. The summed E-state index contributed by atoms with van der Waals surface area (Å²) in [5, 5.41) is 4.16. The first kappa shape index (κ1) is 23.2. The van der Waals surface area contributed by atoms with E-state index in [-0.39, 0.29) is 11.9 Å². The van der Waals surface area contributed by atoms with E-state index in [1.54, 1.807) is 16.8 Å². The Morgan fingerprint density at radius 3 is 2.37 bits per heavy atom. The maximum atomic E-state index is 13.5. The molecule has 0 saturated carbocycles. The standard InChI is InChI=1S/C30H29N3OS/c1-32(20-22-12-16-27(35-2)17-13-22)21-30(34)33-29(24-9-4-3-5-10-24)19-28(31-33)26-15-14-23-8-6-7-11-25(23)18-26/h3-19,29,31H,20-21H2,1-2H3/t29-/m1/s1. The molecule has 0 fully saturated rings. The lowest BCUT2D eigenvalue weighted by Gasteiger charge is -2.28. The molecule has 0 aromatic heterocycles. The first-order chi connectivity index (χ1) is 17.1. The molecule has 4 nitrogen and oxygen atoms in total. The van der Waals surface area contributed by atoms with Gasteiger partial charge in [-0.1, -0.05) is 78.9 Å². The molecule has 0 aliphatic carbocycles. The number of nitrogens with one attached hydrogen (secondary N) is 1. The van der Waals surface area contributed by atoms with E-state index in [1.807, 2.05) is 25.2 Å². The van der Waals surface area contributed by atoms with Crippen molar-refractivity contribution in [3.63, 3.8) is 0 Å². The van der Waals surface area contributed by atoms with Crippen LogP contribution in [0.25, 0.3) is 16.5 Å². The Labute approximate surface area is 211 Å². The minimum absolute atomic E-state index is 0.0362. The van der Waals surface area contributed by atoms with Gasteiger partial charge in [0.05, 0.1) is 18.3 Å². The monoisotopic (exact) mass is 479 g/mol. The van der Waals surface area contributed by atoms with E-state index in [2.05, 4.69) is 102 Å².